The van der Waals surface area contributed by atoms with E-state index in [0.29, 0.717) is 5.56 Å². The van der Waals surface area contributed by atoms with Crippen LogP contribution in [0.2, 0.25) is 0 Å². The van der Waals surface area contributed by atoms with E-state index in [-0.39, 0.29) is 11.4 Å². The van der Waals surface area contributed by atoms with Crippen molar-refractivity contribution < 1.29 is 4.79 Å². The number of carbonyl (C=O) groups is 1. The molecular weight excluding hydrogens is 394 g/mol. The number of nitrogens with one attached hydrogen (secondary N) is 2. The standard InChI is InChI=1S/C28H29N3O/c1-19-9-8-10-21(15-19)27(32)31-28(13-6-3-7-14-28)26-17-22(18-29-26)25-16-20(2)23-11-4-5-12-24(23)30-25/h4-5,8-12,15-18,29H,3,6-7,13-14H2,1-2H3,(H,31,32). The highest BCUT2D eigenvalue weighted by molar-refractivity contribution is 5.95. The number of hydrogen-bond donors (Lipinski definition) is 2. The minimum atomic E-state index is -0.372. The van der Waals surface area contributed by atoms with Crippen molar-refractivity contribution in [1.82, 2.24) is 15.3 Å². The summed E-state index contributed by atoms with van der Waals surface area (Å²) in [4.78, 5) is 21.6. The Balaban J connectivity index is 1.50. The topological polar surface area (TPSA) is 57.8 Å². The summed E-state index contributed by atoms with van der Waals surface area (Å²) in [5, 5.41) is 4.59. The molecule has 0 bridgehead atoms. The zero-order valence-electron chi connectivity index (χ0n) is 18.7. The van der Waals surface area contributed by atoms with Gasteiger partial charge in [0, 0.05) is 28.4 Å². The van der Waals surface area contributed by atoms with E-state index in [4.69, 9.17) is 4.98 Å². The smallest absolute Gasteiger partial charge is 0.252 e. The van der Waals surface area contributed by atoms with Crippen molar-refractivity contribution in [1.29, 1.82) is 0 Å². The van der Waals surface area contributed by atoms with Gasteiger partial charge in [0.25, 0.3) is 5.91 Å². The molecule has 0 spiro atoms. The maximum absolute atomic E-state index is 13.2. The summed E-state index contributed by atoms with van der Waals surface area (Å²) in [6.07, 6.45) is 7.33. The van der Waals surface area contributed by atoms with Crippen molar-refractivity contribution in [2.45, 2.75) is 51.5 Å². The van der Waals surface area contributed by atoms with Crippen LogP contribution >= 0.6 is 0 Å². The first kappa shape index (κ1) is 20.5. The Morgan fingerprint density at radius 1 is 0.969 bits per heavy atom. The first-order chi connectivity index (χ1) is 15.5. The Bertz CT molecular complexity index is 1280. The number of rotatable bonds is 4. The van der Waals surface area contributed by atoms with Crippen molar-refractivity contribution in [2.75, 3.05) is 0 Å². The van der Waals surface area contributed by atoms with Crippen molar-refractivity contribution in [3.05, 3.63) is 89.2 Å². The van der Waals surface area contributed by atoms with Crippen LogP contribution in [-0.2, 0) is 5.54 Å². The highest BCUT2D eigenvalue weighted by atomic mass is 16.1. The van der Waals surface area contributed by atoms with Gasteiger partial charge in [-0.25, -0.2) is 4.98 Å². The molecule has 4 heteroatoms. The minimum absolute atomic E-state index is 0.00794. The first-order valence-electron chi connectivity index (χ1n) is 11.5. The Labute approximate surface area is 189 Å². The number of para-hydroxylation sites is 1. The highest BCUT2D eigenvalue weighted by Crippen LogP contribution is 2.38. The number of H-pyrrole nitrogens is 1. The molecule has 0 aliphatic heterocycles. The van der Waals surface area contributed by atoms with Crippen LogP contribution in [0.25, 0.3) is 22.2 Å². The molecule has 1 fully saturated rings. The number of aromatic amines is 1. The van der Waals surface area contributed by atoms with E-state index in [9.17, 15) is 4.79 Å². The number of aromatic nitrogens is 2. The Morgan fingerprint density at radius 3 is 2.59 bits per heavy atom. The number of benzene rings is 2. The molecule has 2 aromatic carbocycles. The monoisotopic (exact) mass is 423 g/mol. The summed E-state index contributed by atoms with van der Waals surface area (Å²) >= 11 is 0. The van der Waals surface area contributed by atoms with Gasteiger partial charge in [0.2, 0.25) is 0 Å². The van der Waals surface area contributed by atoms with E-state index < -0.39 is 0 Å². The summed E-state index contributed by atoms with van der Waals surface area (Å²) in [5.41, 5.74) is 6.75. The van der Waals surface area contributed by atoms with Gasteiger partial charge in [0.15, 0.2) is 0 Å². The van der Waals surface area contributed by atoms with Gasteiger partial charge in [-0.15, -0.1) is 0 Å². The third-order valence-corrected chi connectivity index (χ3v) is 6.76. The number of pyridine rings is 1. The van der Waals surface area contributed by atoms with E-state index in [1.165, 1.54) is 17.4 Å². The molecule has 1 saturated carbocycles. The highest BCUT2D eigenvalue weighted by Gasteiger charge is 2.37. The summed E-state index contributed by atoms with van der Waals surface area (Å²) in [7, 11) is 0. The van der Waals surface area contributed by atoms with E-state index in [2.05, 4.69) is 47.6 Å². The second-order valence-corrected chi connectivity index (χ2v) is 9.11. The van der Waals surface area contributed by atoms with Crippen LogP contribution in [0.5, 0.6) is 0 Å². The van der Waals surface area contributed by atoms with Gasteiger partial charge in [-0.2, -0.15) is 0 Å². The van der Waals surface area contributed by atoms with Gasteiger partial charge >= 0.3 is 0 Å². The average Bonchev–Trinajstić information content (AvgIpc) is 3.31. The van der Waals surface area contributed by atoms with Gasteiger partial charge in [-0.1, -0.05) is 55.2 Å². The van der Waals surface area contributed by atoms with Gasteiger partial charge in [-0.05, 0) is 62.6 Å². The zero-order chi connectivity index (χ0) is 22.1. The molecule has 0 unspecified atom stereocenters. The molecule has 162 valence electrons. The predicted octanol–water partition coefficient (Wildman–Crippen LogP) is 6.44. The second kappa shape index (κ2) is 8.27. The molecule has 1 aliphatic carbocycles. The van der Waals surface area contributed by atoms with Crippen molar-refractivity contribution >= 4 is 16.8 Å². The van der Waals surface area contributed by atoms with Crippen LogP contribution < -0.4 is 5.32 Å². The molecule has 4 aromatic rings. The van der Waals surface area contributed by atoms with Gasteiger partial charge in [0.1, 0.15) is 0 Å². The quantitative estimate of drug-likeness (QED) is 0.397. The maximum atomic E-state index is 13.2. The molecule has 5 rings (SSSR count). The summed E-state index contributed by atoms with van der Waals surface area (Å²) in [5.74, 6) is -0.00794. The maximum Gasteiger partial charge on any atom is 0.252 e. The van der Waals surface area contributed by atoms with E-state index >= 15 is 0 Å². The number of nitrogens with zero attached hydrogens (tertiary/aromatic N) is 1. The Kier molecular flexibility index (Phi) is 5.30. The molecule has 0 radical (unpaired) electrons. The zero-order valence-corrected chi connectivity index (χ0v) is 18.7. The number of fused-ring (bicyclic) bond motifs is 1. The lowest BCUT2D eigenvalue weighted by Crippen LogP contribution is -2.47. The van der Waals surface area contributed by atoms with Crippen molar-refractivity contribution in [2.24, 2.45) is 0 Å². The summed E-state index contributed by atoms with van der Waals surface area (Å²) in [6, 6.07) is 20.4. The van der Waals surface area contributed by atoms with Gasteiger partial charge < -0.3 is 10.3 Å². The second-order valence-electron chi connectivity index (χ2n) is 9.11. The van der Waals surface area contributed by atoms with E-state index in [0.717, 1.165) is 53.7 Å². The number of hydrogen-bond acceptors (Lipinski definition) is 2. The van der Waals surface area contributed by atoms with Crippen LogP contribution in [0, 0.1) is 13.8 Å². The Hall–Kier alpha value is -3.40. The molecule has 32 heavy (non-hydrogen) atoms. The average molecular weight is 424 g/mol. The lowest BCUT2D eigenvalue weighted by Gasteiger charge is -2.37. The van der Waals surface area contributed by atoms with Crippen molar-refractivity contribution in [3.8, 4) is 11.3 Å². The molecule has 0 saturated heterocycles. The lowest BCUT2D eigenvalue weighted by molar-refractivity contribution is 0.0862. The largest absolute Gasteiger partial charge is 0.362 e. The molecule has 1 aliphatic rings. The predicted molar refractivity (Wildman–Crippen MR) is 130 cm³/mol. The molecule has 4 nitrogen and oxygen atoms in total. The van der Waals surface area contributed by atoms with Crippen LogP contribution in [0.4, 0.5) is 0 Å². The SMILES string of the molecule is Cc1cccc(C(=O)NC2(c3cc(-c4cc(C)c5ccccc5n4)c[nH]3)CCCCC2)c1. The fraction of sp³-hybridized carbons (Fsp3) is 0.286. The first-order valence-corrected chi connectivity index (χ1v) is 11.5. The Morgan fingerprint density at radius 2 is 1.78 bits per heavy atom. The number of amides is 1. The fourth-order valence-electron chi connectivity index (χ4n) is 5.01. The number of carbonyl (C=O) groups excluding carboxylic acids is 1. The molecule has 2 aromatic heterocycles. The molecular formula is C28H29N3O. The van der Waals surface area contributed by atoms with Gasteiger partial charge in [0.05, 0.1) is 16.7 Å². The molecule has 2 N–H and O–H groups in total. The molecule has 2 heterocycles. The van der Waals surface area contributed by atoms with Crippen LogP contribution in [0.3, 0.4) is 0 Å². The lowest BCUT2D eigenvalue weighted by atomic mass is 9.79. The third-order valence-electron chi connectivity index (χ3n) is 6.76. The number of aryl methyl sites for hydroxylation is 2. The van der Waals surface area contributed by atoms with Crippen LogP contribution in [0.15, 0.2) is 66.9 Å². The summed E-state index contributed by atoms with van der Waals surface area (Å²) in [6.45, 7) is 4.15. The van der Waals surface area contributed by atoms with Gasteiger partial charge in [-0.3, -0.25) is 4.79 Å². The fourth-order valence-corrected chi connectivity index (χ4v) is 5.01. The minimum Gasteiger partial charge on any atom is -0.362 e. The normalized spacial score (nSPS) is 15.6. The molecule has 0 atom stereocenters. The van der Waals surface area contributed by atoms with E-state index in [1.54, 1.807) is 0 Å². The molecule has 1 amide bonds. The third kappa shape index (κ3) is 3.81. The van der Waals surface area contributed by atoms with Crippen molar-refractivity contribution in [3.63, 3.8) is 0 Å². The van der Waals surface area contributed by atoms with Crippen LogP contribution in [0.1, 0.15) is 59.3 Å². The summed E-state index contributed by atoms with van der Waals surface area (Å²) < 4.78 is 0. The van der Waals surface area contributed by atoms with Crippen LogP contribution in [-0.4, -0.2) is 15.9 Å². The van der Waals surface area contributed by atoms with E-state index in [1.807, 2.05) is 43.5 Å².